The number of nitrogens with zero attached hydrogens (tertiary/aromatic N) is 3. The zero-order valence-corrected chi connectivity index (χ0v) is 12.8. The number of aryl methyl sites for hydroxylation is 1. The van der Waals surface area contributed by atoms with Crippen molar-refractivity contribution in [3.8, 4) is 11.6 Å². The van der Waals surface area contributed by atoms with Crippen molar-refractivity contribution in [1.82, 2.24) is 14.5 Å². The largest absolute Gasteiger partial charge is 0.493 e. The standard InChI is InChI=1S/C17H14N4O3/c1-11-5-7-12(8-6-11)21-16(23)13(15(22)20-17(21)24)10-19-14-4-2-3-9-18-14/h2-10,23H,1H3,(H,20,22,24)/b19-10+. The second kappa shape index (κ2) is 6.33. The number of hydrogen-bond acceptors (Lipinski definition) is 5. The van der Waals surface area contributed by atoms with E-state index >= 15 is 0 Å². The Morgan fingerprint density at radius 2 is 1.92 bits per heavy atom. The van der Waals surface area contributed by atoms with E-state index in [2.05, 4.69) is 15.0 Å². The van der Waals surface area contributed by atoms with Crippen molar-refractivity contribution in [2.75, 3.05) is 0 Å². The molecule has 2 N–H and O–H groups in total. The van der Waals surface area contributed by atoms with Crippen molar-refractivity contribution in [2.45, 2.75) is 6.92 Å². The molecule has 0 aliphatic heterocycles. The second-order valence-corrected chi connectivity index (χ2v) is 5.11. The summed E-state index contributed by atoms with van der Waals surface area (Å²) in [7, 11) is 0. The molecule has 0 aliphatic rings. The molecule has 0 amide bonds. The zero-order valence-electron chi connectivity index (χ0n) is 12.8. The van der Waals surface area contributed by atoms with E-state index in [0.29, 0.717) is 11.5 Å². The highest BCUT2D eigenvalue weighted by molar-refractivity contribution is 5.83. The molecule has 120 valence electrons. The Kier molecular flexibility index (Phi) is 4.07. The molecule has 7 nitrogen and oxygen atoms in total. The molecule has 0 aliphatic carbocycles. The minimum atomic E-state index is -0.726. The molecular formula is C17H14N4O3. The fraction of sp³-hybridized carbons (Fsp3) is 0.0588. The minimum absolute atomic E-state index is 0.124. The van der Waals surface area contributed by atoms with Gasteiger partial charge in [-0.1, -0.05) is 23.8 Å². The lowest BCUT2D eigenvalue weighted by Gasteiger charge is -2.09. The molecule has 0 radical (unpaired) electrons. The number of aromatic amines is 1. The summed E-state index contributed by atoms with van der Waals surface area (Å²) in [6, 6.07) is 12.1. The molecule has 0 fully saturated rings. The van der Waals surface area contributed by atoms with E-state index in [1.54, 1.807) is 48.7 Å². The van der Waals surface area contributed by atoms with Crippen molar-refractivity contribution in [1.29, 1.82) is 0 Å². The van der Waals surface area contributed by atoms with Crippen LogP contribution < -0.4 is 11.2 Å². The normalized spacial score (nSPS) is 11.0. The molecule has 24 heavy (non-hydrogen) atoms. The third-order valence-electron chi connectivity index (χ3n) is 3.39. The van der Waals surface area contributed by atoms with Gasteiger partial charge in [-0.3, -0.25) is 9.78 Å². The smallest absolute Gasteiger partial charge is 0.335 e. The van der Waals surface area contributed by atoms with Crippen LogP contribution in [0.25, 0.3) is 5.69 Å². The SMILES string of the molecule is Cc1ccc(-n2c(O)c(/C=N/c3ccccn3)c(=O)[nH]c2=O)cc1. The number of H-pyrrole nitrogens is 1. The molecule has 7 heteroatoms. The summed E-state index contributed by atoms with van der Waals surface area (Å²) in [5.41, 5.74) is -0.128. The predicted octanol–water partition coefficient (Wildman–Crippen LogP) is 1.69. The summed E-state index contributed by atoms with van der Waals surface area (Å²) >= 11 is 0. The quantitative estimate of drug-likeness (QED) is 0.717. The topological polar surface area (TPSA) is 100 Å². The number of aromatic nitrogens is 3. The first kappa shape index (κ1) is 15.4. The zero-order chi connectivity index (χ0) is 17.1. The van der Waals surface area contributed by atoms with Crippen LogP contribution in [0.5, 0.6) is 5.88 Å². The number of nitrogens with one attached hydrogen (secondary N) is 1. The van der Waals surface area contributed by atoms with Gasteiger partial charge in [0.15, 0.2) is 5.82 Å². The van der Waals surface area contributed by atoms with E-state index in [1.165, 1.54) is 6.21 Å². The van der Waals surface area contributed by atoms with Crippen LogP contribution in [0, 0.1) is 6.92 Å². The van der Waals surface area contributed by atoms with Crippen LogP contribution in [-0.2, 0) is 0 Å². The van der Waals surface area contributed by atoms with Crippen LogP contribution in [0.15, 0.2) is 63.2 Å². The van der Waals surface area contributed by atoms with Crippen molar-refractivity contribution in [2.24, 2.45) is 4.99 Å². The first-order chi connectivity index (χ1) is 11.6. The fourth-order valence-electron chi connectivity index (χ4n) is 2.15. The maximum Gasteiger partial charge on any atom is 0.335 e. The Hall–Kier alpha value is -3.48. The van der Waals surface area contributed by atoms with Gasteiger partial charge in [0.2, 0.25) is 5.88 Å². The van der Waals surface area contributed by atoms with Crippen LogP contribution in [-0.4, -0.2) is 25.9 Å². The van der Waals surface area contributed by atoms with Gasteiger partial charge in [-0.15, -0.1) is 0 Å². The highest BCUT2D eigenvalue weighted by Gasteiger charge is 2.14. The van der Waals surface area contributed by atoms with E-state index in [9.17, 15) is 14.7 Å². The lowest BCUT2D eigenvalue weighted by atomic mass is 10.2. The minimum Gasteiger partial charge on any atom is -0.493 e. The van der Waals surface area contributed by atoms with Gasteiger partial charge in [0.05, 0.1) is 5.69 Å². The molecule has 0 bridgehead atoms. The lowest BCUT2D eigenvalue weighted by molar-refractivity contribution is 0.430. The summed E-state index contributed by atoms with van der Waals surface area (Å²) in [5, 5.41) is 10.4. The monoisotopic (exact) mass is 322 g/mol. The Morgan fingerprint density at radius 1 is 1.17 bits per heavy atom. The summed E-state index contributed by atoms with van der Waals surface area (Å²) in [5.74, 6) is -0.100. The Balaban J connectivity index is 2.13. The van der Waals surface area contributed by atoms with Gasteiger partial charge in [-0.25, -0.2) is 19.3 Å². The van der Waals surface area contributed by atoms with E-state index in [4.69, 9.17) is 0 Å². The van der Waals surface area contributed by atoms with Crippen LogP contribution in [0.1, 0.15) is 11.1 Å². The lowest BCUT2D eigenvalue weighted by Crippen LogP contribution is -2.31. The van der Waals surface area contributed by atoms with E-state index in [0.717, 1.165) is 10.1 Å². The average Bonchev–Trinajstić information content (AvgIpc) is 2.57. The molecule has 3 rings (SSSR count). The maximum atomic E-state index is 12.1. The molecule has 0 atom stereocenters. The van der Waals surface area contributed by atoms with Crippen LogP contribution in [0.2, 0.25) is 0 Å². The highest BCUT2D eigenvalue weighted by Crippen LogP contribution is 2.16. The van der Waals surface area contributed by atoms with E-state index in [1.807, 2.05) is 6.92 Å². The van der Waals surface area contributed by atoms with E-state index in [-0.39, 0.29) is 5.56 Å². The first-order valence-corrected chi connectivity index (χ1v) is 7.17. The second-order valence-electron chi connectivity index (χ2n) is 5.11. The van der Waals surface area contributed by atoms with Gasteiger partial charge in [-0.2, -0.15) is 0 Å². The molecule has 2 aromatic heterocycles. The Morgan fingerprint density at radius 3 is 2.58 bits per heavy atom. The molecule has 2 heterocycles. The highest BCUT2D eigenvalue weighted by atomic mass is 16.3. The number of benzene rings is 1. The Labute approximate surface area is 136 Å². The van der Waals surface area contributed by atoms with Crippen molar-refractivity contribution >= 4 is 12.0 Å². The molecule has 3 aromatic rings. The van der Waals surface area contributed by atoms with Gasteiger partial charge in [0.1, 0.15) is 5.56 Å². The summed E-state index contributed by atoms with van der Waals surface area (Å²) in [6.45, 7) is 1.91. The number of hydrogen-bond donors (Lipinski definition) is 2. The molecule has 0 unspecified atom stereocenters. The van der Waals surface area contributed by atoms with Crippen molar-refractivity contribution in [3.05, 3.63) is 80.6 Å². The van der Waals surface area contributed by atoms with Gasteiger partial charge in [0.25, 0.3) is 5.56 Å². The number of aliphatic imine (C=N–C) groups is 1. The molecule has 0 saturated carbocycles. The summed E-state index contributed by atoms with van der Waals surface area (Å²) in [4.78, 5) is 34.3. The van der Waals surface area contributed by atoms with Gasteiger partial charge in [0, 0.05) is 12.4 Å². The van der Waals surface area contributed by atoms with Gasteiger partial charge in [-0.05, 0) is 31.2 Å². The molecule has 0 saturated heterocycles. The number of aromatic hydroxyl groups is 1. The summed E-state index contributed by atoms with van der Waals surface area (Å²) < 4.78 is 1.01. The van der Waals surface area contributed by atoms with E-state index < -0.39 is 17.1 Å². The molecule has 1 aromatic carbocycles. The van der Waals surface area contributed by atoms with Crippen LogP contribution in [0.3, 0.4) is 0 Å². The maximum absolute atomic E-state index is 12.1. The number of pyridine rings is 1. The van der Waals surface area contributed by atoms with Gasteiger partial charge >= 0.3 is 5.69 Å². The summed E-state index contributed by atoms with van der Waals surface area (Å²) in [6.07, 6.45) is 2.74. The fourth-order valence-corrected chi connectivity index (χ4v) is 2.15. The van der Waals surface area contributed by atoms with Crippen LogP contribution >= 0.6 is 0 Å². The third kappa shape index (κ3) is 3.00. The number of rotatable bonds is 3. The molecular weight excluding hydrogens is 308 g/mol. The first-order valence-electron chi connectivity index (χ1n) is 7.17. The van der Waals surface area contributed by atoms with Crippen LogP contribution in [0.4, 0.5) is 5.82 Å². The molecule has 0 spiro atoms. The average molecular weight is 322 g/mol. The van der Waals surface area contributed by atoms with Crippen molar-refractivity contribution < 1.29 is 5.11 Å². The third-order valence-corrected chi connectivity index (χ3v) is 3.39. The predicted molar refractivity (Wildman–Crippen MR) is 90.6 cm³/mol. The van der Waals surface area contributed by atoms with Crippen molar-refractivity contribution in [3.63, 3.8) is 0 Å². The van der Waals surface area contributed by atoms with Gasteiger partial charge < -0.3 is 5.11 Å². The Bertz CT molecular complexity index is 1000.